The van der Waals surface area contributed by atoms with Crippen molar-refractivity contribution in [2.24, 2.45) is 5.92 Å². The Kier molecular flexibility index (Phi) is 8.65. The van der Waals surface area contributed by atoms with Gasteiger partial charge < -0.3 is 15.0 Å². The van der Waals surface area contributed by atoms with Crippen molar-refractivity contribution in [1.29, 1.82) is 0 Å². The Labute approximate surface area is 193 Å². The molecule has 0 fully saturated rings. The molecule has 0 bridgehead atoms. The van der Waals surface area contributed by atoms with Crippen molar-refractivity contribution >= 4 is 44.9 Å². The Hall–Kier alpha value is -2.62. The molecule has 8 nitrogen and oxygen atoms in total. The molecule has 10 heteroatoms. The van der Waals surface area contributed by atoms with Crippen molar-refractivity contribution in [3.8, 4) is 0 Å². The molecule has 2 rings (SSSR count). The zero-order chi connectivity index (χ0) is 24.1. The first-order valence-corrected chi connectivity index (χ1v) is 11.8. The highest BCUT2D eigenvalue weighted by Crippen LogP contribution is 2.18. The number of carbonyl (C=O) groups is 2. The highest BCUT2D eigenvalue weighted by Gasteiger charge is 2.32. The fraction of sp³-hybridized carbons (Fsp3) is 0.364. The molecular weight excluding hydrogens is 454 g/mol. The number of halogens is 1. The summed E-state index contributed by atoms with van der Waals surface area (Å²) in [6.45, 7) is 4.76. The summed E-state index contributed by atoms with van der Waals surface area (Å²) in [6, 6.07) is 11.7. The van der Waals surface area contributed by atoms with Gasteiger partial charge in [-0.1, -0.05) is 31.5 Å². The second-order valence-electron chi connectivity index (χ2n) is 7.81. The van der Waals surface area contributed by atoms with Gasteiger partial charge in [0.1, 0.15) is 6.04 Å². The van der Waals surface area contributed by atoms with Gasteiger partial charge in [-0.3, -0.25) is 9.59 Å². The molecule has 0 aliphatic heterocycles. The molecule has 0 unspecified atom stereocenters. The van der Waals surface area contributed by atoms with Crippen LogP contribution in [0.25, 0.3) is 0 Å². The van der Waals surface area contributed by atoms with Gasteiger partial charge in [-0.25, -0.2) is 8.42 Å². The fourth-order valence-corrected chi connectivity index (χ4v) is 4.35. The molecular formula is C22H28ClN3O5S. The van der Waals surface area contributed by atoms with Gasteiger partial charge in [0.25, 0.3) is 5.91 Å². The topological polar surface area (TPSA) is 105 Å². The number of benzene rings is 2. The summed E-state index contributed by atoms with van der Waals surface area (Å²) in [4.78, 5) is 27.0. The normalized spacial score (nSPS) is 13.3. The predicted molar refractivity (Wildman–Crippen MR) is 125 cm³/mol. The minimum atomic E-state index is -4.03. The maximum Gasteiger partial charge on any atom is 0.325 e. The second kappa shape index (κ2) is 10.8. The van der Waals surface area contributed by atoms with Gasteiger partial charge in [0.2, 0.25) is 10.0 Å². The van der Waals surface area contributed by atoms with Gasteiger partial charge in [-0.05, 0) is 55.3 Å². The Bertz CT molecular complexity index is 1060. The second-order valence-corrected chi connectivity index (χ2v) is 9.96. The lowest BCUT2D eigenvalue weighted by Gasteiger charge is -2.23. The minimum absolute atomic E-state index is 0.0737. The quantitative estimate of drug-likeness (QED) is 0.532. The van der Waals surface area contributed by atoms with Crippen molar-refractivity contribution in [3.63, 3.8) is 0 Å². The van der Waals surface area contributed by atoms with E-state index in [9.17, 15) is 18.0 Å². The van der Waals surface area contributed by atoms with Crippen molar-refractivity contribution in [2.45, 2.75) is 37.8 Å². The Morgan fingerprint density at radius 2 is 1.66 bits per heavy atom. The van der Waals surface area contributed by atoms with Crippen LogP contribution < -0.4 is 14.9 Å². The van der Waals surface area contributed by atoms with E-state index in [1.54, 1.807) is 32.0 Å². The van der Waals surface area contributed by atoms with E-state index in [1.807, 2.05) is 31.1 Å². The number of esters is 1. The first kappa shape index (κ1) is 25.6. The summed E-state index contributed by atoms with van der Waals surface area (Å²) in [5.41, 5.74) is 1.51. The highest BCUT2D eigenvalue weighted by atomic mass is 35.5. The summed E-state index contributed by atoms with van der Waals surface area (Å²) < 4.78 is 33.0. The van der Waals surface area contributed by atoms with E-state index in [0.29, 0.717) is 5.69 Å². The van der Waals surface area contributed by atoms with Crippen LogP contribution in [0.2, 0.25) is 5.02 Å². The van der Waals surface area contributed by atoms with Crippen LogP contribution in [0.15, 0.2) is 53.4 Å². The average Bonchev–Trinajstić information content (AvgIpc) is 2.72. The number of sulfonamides is 1. The number of amides is 1. The van der Waals surface area contributed by atoms with E-state index in [-0.39, 0.29) is 9.92 Å². The Morgan fingerprint density at radius 1 is 1.03 bits per heavy atom. The zero-order valence-corrected chi connectivity index (χ0v) is 20.2. The summed E-state index contributed by atoms with van der Waals surface area (Å²) in [5, 5.41) is 2.92. The summed E-state index contributed by atoms with van der Waals surface area (Å²) >= 11 is 5.88. The average molecular weight is 482 g/mol. The molecule has 0 saturated carbocycles. The molecule has 2 aromatic rings. The van der Waals surface area contributed by atoms with Crippen molar-refractivity contribution in [2.75, 3.05) is 24.3 Å². The van der Waals surface area contributed by atoms with Crippen LogP contribution in [0, 0.1) is 5.92 Å². The Balaban J connectivity index is 2.05. The first-order chi connectivity index (χ1) is 14.9. The maximum atomic E-state index is 12.7. The van der Waals surface area contributed by atoms with E-state index >= 15 is 0 Å². The van der Waals surface area contributed by atoms with Gasteiger partial charge in [0.15, 0.2) is 6.10 Å². The number of carbonyl (C=O) groups excluding carboxylic acids is 2. The maximum absolute atomic E-state index is 12.7. The molecule has 0 spiro atoms. The largest absolute Gasteiger partial charge is 0.451 e. The third-order valence-corrected chi connectivity index (χ3v) is 6.30. The predicted octanol–water partition coefficient (Wildman–Crippen LogP) is 3.28. The van der Waals surface area contributed by atoms with Crippen LogP contribution in [0.1, 0.15) is 20.8 Å². The smallest absolute Gasteiger partial charge is 0.325 e. The lowest BCUT2D eigenvalue weighted by atomic mass is 10.1. The van der Waals surface area contributed by atoms with Gasteiger partial charge in [0, 0.05) is 30.5 Å². The molecule has 0 aliphatic rings. The monoisotopic (exact) mass is 481 g/mol. The fourth-order valence-electron chi connectivity index (χ4n) is 2.71. The number of ether oxygens (including phenoxy) is 1. The number of nitrogens with one attached hydrogen (secondary N) is 2. The summed E-state index contributed by atoms with van der Waals surface area (Å²) in [6.07, 6.45) is -1.13. The number of hydrogen-bond donors (Lipinski definition) is 2. The molecule has 0 aliphatic carbocycles. The van der Waals surface area contributed by atoms with Gasteiger partial charge in [-0.2, -0.15) is 4.72 Å². The van der Waals surface area contributed by atoms with Crippen molar-refractivity contribution in [3.05, 3.63) is 53.6 Å². The van der Waals surface area contributed by atoms with Crippen LogP contribution in [0.3, 0.4) is 0 Å². The van der Waals surface area contributed by atoms with Crippen LogP contribution in [-0.4, -0.2) is 46.5 Å². The van der Waals surface area contributed by atoms with Crippen molar-refractivity contribution in [1.82, 2.24) is 4.72 Å². The molecule has 0 heterocycles. The Morgan fingerprint density at radius 3 is 2.19 bits per heavy atom. The lowest BCUT2D eigenvalue weighted by molar-refractivity contribution is -0.155. The molecule has 0 aromatic heterocycles. The molecule has 1 amide bonds. The minimum Gasteiger partial charge on any atom is -0.451 e. The van der Waals surface area contributed by atoms with Gasteiger partial charge >= 0.3 is 5.97 Å². The van der Waals surface area contributed by atoms with Gasteiger partial charge in [0.05, 0.1) is 4.90 Å². The lowest BCUT2D eigenvalue weighted by Crippen LogP contribution is -2.47. The van der Waals surface area contributed by atoms with Crippen LogP contribution in [0.4, 0.5) is 11.4 Å². The summed E-state index contributed by atoms with van der Waals surface area (Å²) in [7, 11) is -0.220. The standard InChI is InChI=1S/C22H28ClN3O5S/c1-14(2)20(25-32(29,30)19-8-6-7-16(23)13-19)22(28)31-15(3)21(27)24-17-9-11-18(12-10-17)26(4)5/h6-15,20,25H,1-5H3,(H,24,27)/t15-,20-/m1/s1. The third-order valence-electron chi connectivity index (χ3n) is 4.62. The van der Waals surface area contributed by atoms with Crippen LogP contribution in [0.5, 0.6) is 0 Å². The van der Waals surface area contributed by atoms with E-state index in [2.05, 4.69) is 10.0 Å². The van der Waals surface area contributed by atoms with Gasteiger partial charge in [-0.15, -0.1) is 0 Å². The van der Waals surface area contributed by atoms with Crippen molar-refractivity contribution < 1.29 is 22.7 Å². The first-order valence-electron chi connectivity index (χ1n) is 9.97. The number of hydrogen-bond acceptors (Lipinski definition) is 6. The number of anilines is 2. The van der Waals surface area contributed by atoms with Crippen LogP contribution in [-0.2, 0) is 24.3 Å². The molecule has 2 aromatic carbocycles. The summed E-state index contributed by atoms with van der Waals surface area (Å²) in [5.74, 6) is -1.81. The highest BCUT2D eigenvalue weighted by molar-refractivity contribution is 7.89. The molecule has 174 valence electrons. The van der Waals surface area contributed by atoms with E-state index in [0.717, 1.165) is 5.69 Å². The molecule has 32 heavy (non-hydrogen) atoms. The SMILES string of the molecule is CC(C)[C@@H](NS(=O)(=O)c1cccc(Cl)c1)C(=O)O[C@H](C)C(=O)Nc1ccc(N(C)C)cc1. The molecule has 0 saturated heterocycles. The number of rotatable bonds is 9. The van der Waals surface area contributed by atoms with E-state index in [4.69, 9.17) is 16.3 Å². The molecule has 0 radical (unpaired) electrons. The molecule has 2 N–H and O–H groups in total. The number of nitrogens with zero attached hydrogens (tertiary/aromatic N) is 1. The van der Waals surface area contributed by atoms with E-state index in [1.165, 1.54) is 25.1 Å². The molecule has 2 atom stereocenters. The third kappa shape index (κ3) is 6.94. The van der Waals surface area contributed by atoms with Crippen LogP contribution >= 0.6 is 11.6 Å². The van der Waals surface area contributed by atoms with E-state index < -0.39 is 40.0 Å². The zero-order valence-electron chi connectivity index (χ0n) is 18.6.